The third-order valence-electron chi connectivity index (χ3n) is 12.6. The van der Waals surface area contributed by atoms with Crippen LogP contribution in [-0.2, 0) is 5.41 Å². The zero-order valence-electron chi connectivity index (χ0n) is 36.9. The van der Waals surface area contributed by atoms with Gasteiger partial charge in [-0.05, 0) is 93.6 Å². The van der Waals surface area contributed by atoms with Gasteiger partial charge in [0.15, 0.2) is 17.5 Å². The van der Waals surface area contributed by atoms with Gasteiger partial charge < -0.3 is 4.57 Å². The molecule has 1 aliphatic carbocycles. The molecule has 0 amide bonds. The van der Waals surface area contributed by atoms with Crippen LogP contribution in [0.25, 0.3) is 101 Å². The van der Waals surface area contributed by atoms with Crippen molar-refractivity contribution in [1.82, 2.24) is 19.5 Å². The van der Waals surface area contributed by atoms with Crippen molar-refractivity contribution in [2.24, 2.45) is 0 Å². The van der Waals surface area contributed by atoms with Crippen LogP contribution < -0.4 is 0 Å². The van der Waals surface area contributed by atoms with Gasteiger partial charge in [0.2, 0.25) is 0 Å². The maximum Gasteiger partial charge on any atom is 0.164 e. The van der Waals surface area contributed by atoms with Crippen molar-refractivity contribution in [2.75, 3.05) is 0 Å². The summed E-state index contributed by atoms with van der Waals surface area (Å²) in [5.41, 5.74) is 16.7. The van der Waals surface area contributed by atoms with Crippen molar-refractivity contribution in [2.45, 2.75) is 39.0 Å². The molecule has 0 N–H and O–H groups in total. The summed E-state index contributed by atoms with van der Waals surface area (Å²) in [6.07, 6.45) is 9.07. The Morgan fingerprint density at radius 3 is 1.35 bits per heavy atom. The number of allylic oxidation sites excluding steroid dienone is 4. The predicted molar refractivity (Wildman–Crippen MR) is 272 cm³/mol. The first-order chi connectivity index (χ1) is 31.9. The second-order valence-electron chi connectivity index (χ2n) is 18.0. The lowest BCUT2D eigenvalue weighted by atomic mass is 9.85. The molecule has 0 radical (unpaired) electrons. The standard InChI is InChI=1S/C61H48N4/c1-61(2,3)50-33-29-44(30-34-50)52-40-49(60-63-58(45-25-15-7-16-26-45)62-59(64-60)46-27-17-8-18-28-46)39-51(43-23-13-6-14-24-43)57(52)65-55-35-31-47(41-19-9-4-10-20-41)37-53(55)54-38-48(32-36-56(54)65)42-21-11-5-12-22-42/h4,6-11,13-40H,5,12H2,1-3H3. The van der Waals surface area contributed by atoms with Crippen LogP contribution in [0.5, 0.6) is 0 Å². The largest absolute Gasteiger partial charge is 0.308 e. The Morgan fingerprint density at radius 1 is 0.400 bits per heavy atom. The number of hydrogen-bond acceptors (Lipinski definition) is 3. The maximum atomic E-state index is 5.26. The van der Waals surface area contributed by atoms with Crippen molar-refractivity contribution in [3.05, 3.63) is 223 Å². The zero-order valence-corrected chi connectivity index (χ0v) is 36.9. The van der Waals surface area contributed by atoms with Crippen LogP contribution in [0.1, 0.15) is 44.7 Å². The van der Waals surface area contributed by atoms with Gasteiger partial charge in [0.25, 0.3) is 0 Å². The van der Waals surface area contributed by atoms with E-state index in [1.165, 1.54) is 38.6 Å². The minimum absolute atomic E-state index is 0.00503. The highest BCUT2D eigenvalue weighted by Gasteiger charge is 2.24. The van der Waals surface area contributed by atoms with Crippen molar-refractivity contribution in [1.29, 1.82) is 0 Å². The Morgan fingerprint density at radius 2 is 0.846 bits per heavy atom. The van der Waals surface area contributed by atoms with E-state index >= 15 is 0 Å². The van der Waals surface area contributed by atoms with E-state index in [1.54, 1.807) is 0 Å². The quantitative estimate of drug-likeness (QED) is 0.153. The van der Waals surface area contributed by atoms with Gasteiger partial charge >= 0.3 is 0 Å². The Labute approximate surface area is 381 Å². The molecule has 2 heterocycles. The van der Waals surface area contributed by atoms with Gasteiger partial charge in [0.1, 0.15) is 0 Å². The van der Waals surface area contributed by atoms with Crippen LogP contribution in [0.4, 0.5) is 0 Å². The summed E-state index contributed by atoms with van der Waals surface area (Å²) in [6.45, 7) is 6.81. The van der Waals surface area contributed by atoms with Crippen LogP contribution >= 0.6 is 0 Å². The fraction of sp³-hybridized carbons (Fsp3) is 0.0984. The lowest BCUT2D eigenvalue weighted by molar-refractivity contribution is 0.590. The molecular formula is C61H48N4. The van der Waals surface area contributed by atoms with Crippen molar-refractivity contribution in [3.63, 3.8) is 0 Å². The Bertz CT molecular complexity index is 3350. The second-order valence-corrected chi connectivity index (χ2v) is 18.0. The number of aromatic nitrogens is 4. The Balaban J connectivity index is 1.24. The van der Waals surface area contributed by atoms with Crippen LogP contribution in [0.15, 0.2) is 212 Å². The smallest absolute Gasteiger partial charge is 0.164 e. The van der Waals surface area contributed by atoms with Crippen LogP contribution in [-0.4, -0.2) is 19.5 Å². The van der Waals surface area contributed by atoms with Gasteiger partial charge in [0.05, 0.1) is 16.7 Å². The highest BCUT2D eigenvalue weighted by atomic mass is 15.0. The second kappa shape index (κ2) is 16.6. The van der Waals surface area contributed by atoms with Gasteiger partial charge in [-0.2, -0.15) is 0 Å². The maximum absolute atomic E-state index is 5.26. The van der Waals surface area contributed by atoms with E-state index in [0.29, 0.717) is 17.5 Å². The van der Waals surface area contributed by atoms with Crippen molar-refractivity contribution < 1.29 is 0 Å². The number of fused-ring (bicyclic) bond motifs is 3. The molecule has 312 valence electrons. The van der Waals surface area contributed by atoms with Crippen molar-refractivity contribution >= 4 is 27.4 Å². The summed E-state index contributed by atoms with van der Waals surface area (Å²) in [7, 11) is 0. The molecule has 10 aromatic rings. The molecule has 1 aliphatic rings. The van der Waals surface area contributed by atoms with Gasteiger partial charge in [-0.1, -0.05) is 197 Å². The zero-order chi connectivity index (χ0) is 43.9. The van der Waals surface area contributed by atoms with Crippen LogP contribution in [0, 0.1) is 0 Å². The Hall–Kier alpha value is -7.95. The Kier molecular flexibility index (Phi) is 10.2. The summed E-state index contributed by atoms with van der Waals surface area (Å²) in [5.74, 6) is 1.87. The lowest BCUT2D eigenvalue weighted by Crippen LogP contribution is -2.10. The molecule has 8 aromatic carbocycles. The molecule has 65 heavy (non-hydrogen) atoms. The molecule has 2 aromatic heterocycles. The summed E-state index contributed by atoms with van der Waals surface area (Å²) in [5, 5.41) is 2.42. The number of hydrogen-bond donors (Lipinski definition) is 0. The van der Waals surface area contributed by atoms with Gasteiger partial charge in [-0.15, -0.1) is 0 Å². The molecule has 0 fully saturated rings. The fourth-order valence-electron chi connectivity index (χ4n) is 9.23. The molecule has 0 atom stereocenters. The van der Waals surface area contributed by atoms with E-state index in [9.17, 15) is 0 Å². The minimum atomic E-state index is -0.00503. The molecule has 0 bridgehead atoms. The van der Waals surface area contributed by atoms with Gasteiger partial charge in [0, 0.05) is 38.6 Å². The first-order valence-corrected chi connectivity index (χ1v) is 22.6. The van der Waals surface area contributed by atoms with Crippen molar-refractivity contribution in [3.8, 4) is 73.2 Å². The minimum Gasteiger partial charge on any atom is -0.308 e. The van der Waals surface area contributed by atoms with E-state index in [2.05, 4.69) is 201 Å². The fourth-order valence-corrected chi connectivity index (χ4v) is 9.23. The summed E-state index contributed by atoms with van der Waals surface area (Å²) >= 11 is 0. The van der Waals surface area contributed by atoms with E-state index < -0.39 is 0 Å². The van der Waals surface area contributed by atoms with Gasteiger partial charge in [-0.25, -0.2) is 15.0 Å². The molecule has 11 rings (SSSR count). The van der Waals surface area contributed by atoms with Gasteiger partial charge in [-0.3, -0.25) is 0 Å². The predicted octanol–water partition coefficient (Wildman–Crippen LogP) is 16.0. The molecule has 0 saturated carbocycles. The third-order valence-corrected chi connectivity index (χ3v) is 12.6. The lowest BCUT2D eigenvalue weighted by Gasteiger charge is -2.22. The number of nitrogens with zero attached hydrogens (tertiary/aromatic N) is 4. The van der Waals surface area contributed by atoms with E-state index in [4.69, 9.17) is 15.0 Å². The van der Waals surface area contributed by atoms with E-state index in [0.717, 1.165) is 68.5 Å². The third kappa shape index (κ3) is 7.68. The van der Waals surface area contributed by atoms with Crippen LogP contribution in [0.2, 0.25) is 0 Å². The van der Waals surface area contributed by atoms with Crippen LogP contribution in [0.3, 0.4) is 0 Å². The highest BCUT2D eigenvalue weighted by molar-refractivity contribution is 6.13. The summed E-state index contributed by atoms with van der Waals surface area (Å²) < 4.78 is 2.51. The van der Waals surface area contributed by atoms with E-state index in [-0.39, 0.29) is 5.41 Å². The average Bonchev–Trinajstić information content (AvgIpc) is 3.69. The monoisotopic (exact) mass is 836 g/mol. The number of benzene rings is 8. The molecule has 0 spiro atoms. The topological polar surface area (TPSA) is 43.6 Å². The summed E-state index contributed by atoms with van der Waals surface area (Å²) in [6, 6.07) is 69.6. The normalized spacial score (nSPS) is 12.8. The average molecular weight is 837 g/mol. The molecule has 0 aliphatic heterocycles. The molecular weight excluding hydrogens is 789 g/mol. The molecule has 0 saturated heterocycles. The molecule has 0 unspecified atom stereocenters. The number of rotatable bonds is 8. The first kappa shape index (κ1) is 39.9. The van der Waals surface area contributed by atoms with E-state index in [1.807, 2.05) is 36.4 Å². The molecule has 4 nitrogen and oxygen atoms in total. The summed E-state index contributed by atoms with van der Waals surface area (Å²) in [4.78, 5) is 15.6. The highest BCUT2D eigenvalue weighted by Crippen LogP contribution is 2.45. The SMILES string of the molecule is CC(C)(C)c1ccc(-c2cc(-c3nc(-c4ccccc4)nc(-c4ccccc4)n3)cc(-c3ccccc3)c2-n2c3ccc(C4=CCCC=C4)cc3c3cc(-c4ccccc4)ccc32)cc1. The first-order valence-electron chi connectivity index (χ1n) is 22.6. The molecule has 4 heteroatoms.